The van der Waals surface area contributed by atoms with Gasteiger partial charge in [0, 0.05) is 22.1 Å². The second kappa shape index (κ2) is 6.73. The number of fused-ring (bicyclic) bond motifs is 1. The molecule has 4 heteroatoms. The maximum Gasteiger partial charge on any atom is 0.256 e. The van der Waals surface area contributed by atoms with Gasteiger partial charge in [0.05, 0.1) is 5.69 Å². The molecule has 0 bridgehead atoms. The summed E-state index contributed by atoms with van der Waals surface area (Å²) in [7, 11) is 0. The van der Waals surface area contributed by atoms with Crippen LogP contribution in [0.25, 0.3) is 0 Å². The van der Waals surface area contributed by atoms with Gasteiger partial charge in [-0.15, -0.1) is 0 Å². The molecule has 25 heavy (non-hydrogen) atoms. The summed E-state index contributed by atoms with van der Waals surface area (Å²) < 4.78 is 0.978. The van der Waals surface area contributed by atoms with Gasteiger partial charge in [0.15, 0.2) is 0 Å². The number of amides is 1. The molecule has 1 unspecified atom stereocenters. The number of carbonyl (C=O) groups is 1. The first-order valence-corrected chi connectivity index (χ1v) is 8.98. The van der Waals surface area contributed by atoms with Crippen molar-refractivity contribution in [1.82, 2.24) is 4.90 Å². The first-order chi connectivity index (χ1) is 12.2. The van der Waals surface area contributed by atoms with Gasteiger partial charge in [0.25, 0.3) is 5.91 Å². The summed E-state index contributed by atoms with van der Waals surface area (Å²) >= 11 is 3.58. The summed E-state index contributed by atoms with van der Waals surface area (Å²) in [6.45, 7) is 0.566. The number of rotatable bonds is 4. The number of anilines is 1. The Morgan fingerprint density at radius 2 is 1.56 bits per heavy atom. The lowest BCUT2D eigenvalue weighted by Gasteiger charge is -2.27. The molecule has 1 aliphatic rings. The lowest BCUT2D eigenvalue weighted by Crippen LogP contribution is -2.31. The first-order valence-electron chi connectivity index (χ1n) is 8.19. The summed E-state index contributed by atoms with van der Waals surface area (Å²) in [6, 6.07) is 25.9. The van der Waals surface area contributed by atoms with Gasteiger partial charge in [-0.1, -0.05) is 60.7 Å². The van der Waals surface area contributed by atoms with E-state index in [1.807, 2.05) is 83.8 Å². The highest BCUT2D eigenvalue weighted by Gasteiger charge is 2.36. The van der Waals surface area contributed by atoms with E-state index >= 15 is 0 Å². The highest BCUT2D eigenvalue weighted by atomic mass is 79.9. The van der Waals surface area contributed by atoms with E-state index in [2.05, 4.69) is 21.2 Å². The number of benzene rings is 3. The van der Waals surface area contributed by atoms with Crippen LogP contribution in [0.2, 0.25) is 0 Å². The van der Waals surface area contributed by atoms with Gasteiger partial charge in [0.1, 0.15) is 6.17 Å². The van der Waals surface area contributed by atoms with E-state index in [0.717, 1.165) is 26.9 Å². The van der Waals surface area contributed by atoms with Crippen LogP contribution in [0.4, 0.5) is 5.69 Å². The Morgan fingerprint density at radius 1 is 0.880 bits per heavy atom. The molecule has 124 valence electrons. The predicted octanol–water partition coefficient (Wildman–Crippen LogP) is 5.22. The zero-order valence-corrected chi connectivity index (χ0v) is 15.1. The van der Waals surface area contributed by atoms with Crippen molar-refractivity contribution in [3.63, 3.8) is 0 Å². The minimum absolute atomic E-state index is 0.0593. The molecule has 0 aliphatic carbocycles. The molecule has 0 fully saturated rings. The molecular formula is C21H17BrN2O. The van der Waals surface area contributed by atoms with Crippen molar-refractivity contribution >= 4 is 27.5 Å². The molecule has 1 heterocycles. The van der Waals surface area contributed by atoms with Crippen molar-refractivity contribution in [2.24, 2.45) is 0 Å². The van der Waals surface area contributed by atoms with E-state index in [-0.39, 0.29) is 12.1 Å². The number of hydrogen-bond donors (Lipinski definition) is 1. The van der Waals surface area contributed by atoms with Crippen LogP contribution < -0.4 is 5.32 Å². The van der Waals surface area contributed by atoms with Crippen molar-refractivity contribution in [3.8, 4) is 0 Å². The number of halogens is 1. The lowest BCUT2D eigenvalue weighted by atomic mass is 10.1. The number of hydrogen-bond acceptors (Lipinski definition) is 2. The Morgan fingerprint density at radius 3 is 2.36 bits per heavy atom. The number of carbonyl (C=O) groups excluding carboxylic acids is 1. The highest BCUT2D eigenvalue weighted by molar-refractivity contribution is 9.10. The fraction of sp³-hybridized carbons (Fsp3) is 0.0952. The summed E-state index contributed by atoms with van der Waals surface area (Å²) in [5, 5.41) is 3.52. The van der Waals surface area contributed by atoms with Crippen molar-refractivity contribution < 1.29 is 4.79 Å². The van der Waals surface area contributed by atoms with Gasteiger partial charge in [0.2, 0.25) is 0 Å². The van der Waals surface area contributed by atoms with Crippen molar-refractivity contribution in [2.45, 2.75) is 12.7 Å². The van der Waals surface area contributed by atoms with E-state index in [9.17, 15) is 4.79 Å². The van der Waals surface area contributed by atoms with Crippen molar-refractivity contribution in [1.29, 1.82) is 0 Å². The third-order valence-electron chi connectivity index (χ3n) is 4.42. The maximum absolute atomic E-state index is 13.0. The van der Waals surface area contributed by atoms with Crippen molar-refractivity contribution in [2.75, 3.05) is 5.32 Å². The normalized spacial score (nSPS) is 16.0. The van der Waals surface area contributed by atoms with Crippen LogP contribution in [-0.4, -0.2) is 10.8 Å². The standard InChI is InChI=1S/C21H17BrN2O/c22-18-12-6-7-13-19(18)23-20-16-10-4-5-11-17(16)21(25)24(20)14-15-8-2-1-3-9-15/h1-13,20,23H,14H2. The first kappa shape index (κ1) is 15.9. The summed E-state index contributed by atoms with van der Waals surface area (Å²) in [6.07, 6.45) is -0.192. The smallest absolute Gasteiger partial charge is 0.256 e. The molecule has 1 atom stereocenters. The molecule has 0 saturated carbocycles. The molecule has 3 nitrogen and oxygen atoms in total. The number of nitrogens with zero attached hydrogens (tertiary/aromatic N) is 1. The molecule has 0 radical (unpaired) electrons. The van der Waals surface area contributed by atoms with Gasteiger partial charge >= 0.3 is 0 Å². The molecule has 4 rings (SSSR count). The monoisotopic (exact) mass is 392 g/mol. The molecule has 0 spiro atoms. The second-order valence-electron chi connectivity index (χ2n) is 6.03. The average Bonchev–Trinajstić information content (AvgIpc) is 2.91. The maximum atomic E-state index is 13.0. The van der Waals surface area contributed by atoms with E-state index < -0.39 is 0 Å². The highest BCUT2D eigenvalue weighted by Crippen LogP contribution is 2.36. The second-order valence-corrected chi connectivity index (χ2v) is 6.89. The minimum atomic E-state index is -0.192. The zero-order valence-electron chi connectivity index (χ0n) is 13.5. The van der Waals surface area contributed by atoms with Crippen molar-refractivity contribution in [3.05, 3.63) is 100 Å². The molecule has 1 amide bonds. The Balaban J connectivity index is 1.71. The third kappa shape index (κ3) is 3.05. The molecule has 3 aromatic carbocycles. The fourth-order valence-corrected chi connectivity index (χ4v) is 3.59. The fourth-order valence-electron chi connectivity index (χ4n) is 3.19. The van der Waals surface area contributed by atoms with Gasteiger partial charge in [-0.3, -0.25) is 4.79 Å². The SMILES string of the molecule is O=C1c2ccccc2C(Nc2ccccc2Br)N1Cc1ccccc1. The summed E-state index contributed by atoms with van der Waals surface area (Å²) in [5.74, 6) is 0.0593. The third-order valence-corrected chi connectivity index (χ3v) is 5.11. The Bertz CT molecular complexity index is 911. The quantitative estimate of drug-likeness (QED) is 0.660. The van der Waals surface area contributed by atoms with Crippen LogP contribution in [0.3, 0.4) is 0 Å². The number of para-hydroxylation sites is 1. The molecule has 0 aromatic heterocycles. The zero-order chi connectivity index (χ0) is 17.2. The Kier molecular flexibility index (Phi) is 4.28. The predicted molar refractivity (Wildman–Crippen MR) is 103 cm³/mol. The van der Waals surface area contributed by atoms with E-state index in [1.54, 1.807) is 0 Å². The summed E-state index contributed by atoms with van der Waals surface area (Å²) in [4.78, 5) is 14.8. The van der Waals surface area contributed by atoms with E-state index in [1.165, 1.54) is 0 Å². The summed E-state index contributed by atoms with van der Waals surface area (Å²) in [5.41, 5.74) is 3.86. The van der Waals surface area contributed by atoms with Crippen LogP contribution in [0.5, 0.6) is 0 Å². The Hall–Kier alpha value is -2.59. The van der Waals surface area contributed by atoms with E-state index in [0.29, 0.717) is 6.54 Å². The largest absolute Gasteiger partial charge is 0.360 e. The van der Waals surface area contributed by atoms with Gasteiger partial charge in [-0.05, 0) is 39.7 Å². The van der Waals surface area contributed by atoms with Crippen LogP contribution >= 0.6 is 15.9 Å². The van der Waals surface area contributed by atoms with Crippen LogP contribution in [-0.2, 0) is 6.54 Å². The lowest BCUT2D eigenvalue weighted by molar-refractivity contribution is 0.0728. The van der Waals surface area contributed by atoms with E-state index in [4.69, 9.17) is 0 Å². The number of nitrogens with one attached hydrogen (secondary N) is 1. The molecule has 3 aromatic rings. The molecule has 0 saturated heterocycles. The van der Waals surface area contributed by atoms with Gasteiger partial charge in [-0.2, -0.15) is 0 Å². The van der Waals surface area contributed by atoms with Crippen LogP contribution in [0.15, 0.2) is 83.3 Å². The van der Waals surface area contributed by atoms with Crippen LogP contribution in [0, 0.1) is 0 Å². The van der Waals surface area contributed by atoms with Gasteiger partial charge in [-0.25, -0.2) is 0 Å². The average molecular weight is 393 g/mol. The van der Waals surface area contributed by atoms with Gasteiger partial charge < -0.3 is 10.2 Å². The molecular weight excluding hydrogens is 376 g/mol. The topological polar surface area (TPSA) is 32.3 Å². The van der Waals surface area contributed by atoms with Crippen LogP contribution in [0.1, 0.15) is 27.7 Å². The minimum Gasteiger partial charge on any atom is -0.360 e. The molecule has 1 N–H and O–H groups in total. The Labute approximate surface area is 155 Å². The molecule has 1 aliphatic heterocycles.